The Morgan fingerprint density at radius 1 is 1.18 bits per heavy atom. The molecule has 0 radical (unpaired) electrons. The number of nitrogens with zero attached hydrogens (tertiary/aromatic N) is 1. The van der Waals surface area contributed by atoms with Crippen LogP contribution in [0.5, 0.6) is 17.2 Å². The van der Waals surface area contributed by atoms with E-state index in [-0.39, 0.29) is 11.5 Å². The summed E-state index contributed by atoms with van der Waals surface area (Å²) in [5.74, 6) is 0.274. The van der Waals surface area contributed by atoms with Crippen LogP contribution in [0.4, 0.5) is 5.69 Å². The lowest BCUT2D eigenvalue weighted by Gasteiger charge is -2.10. The zero-order valence-corrected chi connectivity index (χ0v) is 12.6. The zero-order chi connectivity index (χ0) is 15.9. The average molecular weight is 317 g/mol. The van der Waals surface area contributed by atoms with E-state index in [2.05, 4.69) is 15.8 Å². The molecule has 0 aliphatic carbocycles. The fraction of sp³-hybridized carbons (Fsp3) is 0.0667. The van der Waals surface area contributed by atoms with Crippen LogP contribution in [-0.4, -0.2) is 28.6 Å². The van der Waals surface area contributed by atoms with E-state index in [1.54, 1.807) is 13.2 Å². The van der Waals surface area contributed by atoms with E-state index in [4.69, 9.17) is 17.0 Å². The van der Waals surface area contributed by atoms with Gasteiger partial charge in [-0.15, -0.1) is 0 Å². The second kappa shape index (κ2) is 7.28. The molecular formula is C15H15N3O3S. The molecule has 2 aromatic carbocycles. The third kappa shape index (κ3) is 4.10. The first-order chi connectivity index (χ1) is 10.6. The number of rotatable bonds is 4. The van der Waals surface area contributed by atoms with Gasteiger partial charge < -0.3 is 20.3 Å². The monoisotopic (exact) mass is 317 g/mol. The number of thiocarbonyl (C=S) groups is 1. The van der Waals surface area contributed by atoms with Crippen molar-refractivity contribution in [1.82, 2.24) is 5.43 Å². The molecule has 6 nitrogen and oxygen atoms in total. The van der Waals surface area contributed by atoms with Gasteiger partial charge >= 0.3 is 0 Å². The first-order valence-electron chi connectivity index (χ1n) is 6.35. The van der Waals surface area contributed by atoms with E-state index in [0.717, 1.165) is 5.69 Å². The summed E-state index contributed by atoms with van der Waals surface area (Å²) in [5, 5.41) is 25.8. The maximum atomic E-state index is 9.38. The van der Waals surface area contributed by atoms with Gasteiger partial charge in [-0.2, -0.15) is 5.10 Å². The molecule has 0 bridgehead atoms. The number of phenols is 2. The smallest absolute Gasteiger partial charge is 0.191 e. The highest BCUT2D eigenvalue weighted by Crippen LogP contribution is 2.24. The SMILES string of the molecule is COc1ccccc1NC(=S)N/N=C/c1ccc(O)c(O)c1. The number of methoxy groups -OCH3 is 1. The minimum absolute atomic E-state index is 0.182. The van der Waals surface area contributed by atoms with Crippen molar-refractivity contribution in [3.05, 3.63) is 48.0 Å². The van der Waals surface area contributed by atoms with Gasteiger partial charge in [0.25, 0.3) is 0 Å². The maximum Gasteiger partial charge on any atom is 0.191 e. The number of aromatic hydroxyl groups is 2. The second-order valence-electron chi connectivity index (χ2n) is 4.27. The fourth-order valence-electron chi connectivity index (χ4n) is 1.68. The first kappa shape index (κ1) is 15.6. The quantitative estimate of drug-likeness (QED) is 0.300. The molecule has 7 heteroatoms. The van der Waals surface area contributed by atoms with Gasteiger partial charge in [0.2, 0.25) is 0 Å². The largest absolute Gasteiger partial charge is 0.504 e. The third-order valence-electron chi connectivity index (χ3n) is 2.73. The second-order valence-corrected chi connectivity index (χ2v) is 4.68. The fourth-order valence-corrected chi connectivity index (χ4v) is 1.85. The Bertz CT molecular complexity index is 704. The Morgan fingerprint density at radius 2 is 1.95 bits per heavy atom. The Kier molecular flexibility index (Phi) is 5.16. The summed E-state index contributed by atoms with van der Waals surface area (Å²) in [6, 6.07) is 11.7. The van der Waals surface area contributed by atoms with Crippen LogP contribution >= 0.6 is 12.2 Å². The van der Waals surface area contributed by atoms with Gasteiger partial charge in [0, 0.05) is 0 Å². The standard InChI is InChI=1S/C15H15N3O3S/c1-21-14-5-3-2-4-11(14)17-15(22)18-16-9-10-6-7-12(19)13(20)8-10/h2-9,19-20H,1H3,(H2,17,18,22)/b16-9+. The van der Waals surface area contributed by atoms with Crippen LogP contribution in [0.15, 0.2) is 47.6 Å². The molecule has 0 spiro atoms. The number of phenolic OH excluding ortho intramolecular Hbond substituents is 2. The summed E-state index contributed by atoms with van der Waals surface area (Å²) in [5.41, 5.74) is 3.99. The van der Waals surface area contributed by atoms with Crippen molar-refractivity contribution in [2.75, 3.05) is 12.4 Å². The van der Waals surface area contributed by atoms with Gasteiger partial charge in [0.05, 0.1) is 19.0 Å². The normalized spacial score (nSPS) is 10.4. The van der Waals surface area contributed by atoms with Crippen molar-refractivity contribution in [2.24, 2.45) is 5.10 Å². The molecule has 0 aliphatic heterocycles. The third-order valence-corrected chi connectivity index (χ3v) is 2.93. The summed E-state index contributed by atoms with van der Waals surface area (Å²) >= 11 is 5.12. The molecule has 0 saturated carbocycles. The molecule has 0 aromatic heterocycles. The van der Waals surface area contributed by atoms with Gasteiger partial charge in [-0.3, -0.25) is 5.43 Å². The van der Waals surface area contributed by atoms with Gasteiger partial charge in [-0.05, 0) is 48.1 Å². The topological polar surface area (TPSA) is 86.1 Å². The number of hydrazone groups is 1. The highest BCUT2D eigenvalue weighted by Gasteiger charge is 2.03. The molecule has 0 saturated heterocycles. The number of hydrogen-bond acceptors (Lipinski definition) is 5. The molecule has 0 fully saturated rings. The average Bonchev–Trinajstić information content (AvgIpc) is 2.51. The van der Waals surface area contributed by atoms with E-state index in [1.165, 1.54) is 18.3 Å². The highest BCUT2D eigenvalue weighted by atomic mass is 32.1. The van der Waals surface area contributed by atoms with Crippen molar-refractivity contribution in [2.45, 2.75) is 0 Å². The van der Waals surface area contributed by atoms with Crippen LogP contribution < -0.4 is 15.5 Å². The summed E-state index contributed by atoms with van der Waals surface area (Å²) in [4.78, 5) is 0. The Balaban J connectivity index is 1.95. The van der Waals surface area contributed by atoms with Crippen molar-refractivity contribution in [3.8, 4) is 17.2 Å². The van der Waals surface area contributed by atoms with Crippen LogP contribution in [0, 0.1) is 0 Å². The molecule has 2 rings (SSSR count). The molecule has 22 heavy (non-hydrogen) atoms. The van der Waals surface area contributed by atoms with E-state index in [9.17, 15) is 10.2 Å². The molecule has 2 aromatic rings. The minimum Gasteiger partial charge on any atom is -0.504 e. The lowest BCUT2D eigenvalue weighted by atomic mass is 10.2. The molecule has 0 amide bonds. The number of ether oxygens (including phenoxy) is 1. The zero-order valence-electron chi connectivity index (χ0n) is 11.8. The van der Waals surface area contributed by atoms with Crippen molar-refractivity contribution in [1.29, 1.82) is 0 Å². The minimum atomic E-state index is -0.210. The maximum absolute atomic E-state index is 9.38. The number of para-hydroxylation sites is 2. The lowest BCUT2D eigenvalue weighted by molar-refractivity contribution is 0.403. The first-order valence-corrected chi connectivity index (χ1v) is 6.76. The van der Waals surface area contributed by atoms with Crippen molar-refractivity contribution < 1.29 is 14.9 Å². The van der Waals surface area contributed by atoms with E-state index >= 15 is 0 Å². The molecule has 4 N–H and O–H groups in total. The number of benzene rings is 2. The van der Waals surface area contributed by atoms with Gasteiger partial charge in [-0.25, -0.2) is 0 Å². The summed E-state index contributed by atoms with van der Waals surface area (Å²) in [6.07, 6.45) is 1.47. The van der Waals surface area contributed by atoms with E-state index in [1.807, 2.05) is 24.3 Å². The summed E-state index contributed by atoms with van der Waals surface area (Å²) < 4.78 is 5.20. The van der Waals surface area contributed by atoms with Crippen LogP contribution in [-0.2, 0) is 0 Å². The number of nitrogens with one attached hydrogen (secondary N) is 2. The van der Waals surface area contributed by atoms with Gasteiger partial charge in [-0.1, -0.05) is 12.1 Å². The Morgan fingerprint density at radius 3 is 2.68 bits per heavy atom. The van der Waals surface area contributed by atoms with Crippen LogP contribution in [0.25, 0.3) is 0 Å². The summed E-state index contributed by atoms with van der Waals surface area (Å²) in [6.45, 7) is 0. The van der Waals surface area contributed by atoms with Crippen molar-refractivity contribution in [3.63, 3.8) is 0 Å². The predicted molar refractivity (Wildman–Crippen MR) is 89.7 cm³/mol. The van der Waals surface area contributed by atoms with E-state index in [0.29, 0.717) is 16.4 Å². The van der Waals surface area contributed by atoms with Gasteiger partial charge in [0.15, 0.2) is 16.6 Å². The highest BCUT2D eigenvalue weighted by molar-refractivity contribution is 7.80. The predicted octanol–water partition coefficient (Wildman–Crippen LogP) is 2.43. The number of hydrogen-bond donors (Lipinski definition) is 4. The Labute approximate surface area is 133 Å². The molecular weight excluding hydrogens is 302 g/mol. The van der Waals surface area contributed by atoms with Crippen molar-refractivity contribution >= 4 is 29.2 Å². The number of anilines is 1. The molecule has 0 aliphatic rings. The molecule has 0 atom stereocenters. The van der Waals surface area contributed by atoms with E-state index < -0.39 is 0 Å². The summed E-state index contributed by atoms with van der Waals surface area (Å²) in [7, 11) is 1.58. The van der Waals surface area contributed by atoms with Crippen LogP contribution in [0.2, 0.25) is 0 Å². The molecule has 0 heterocycles. The Hall–Kier alpha value is -2.80. The lowest BCUT2D eigenvalue weighted by Crippen LogP contribution is -2.24. The van der Waals surface area contributed by atoms with Crippen LogP contribution in [0.1, 0.15) is 5.56 Å². The molecule has 0 unspecified atom stereocenters. The van der Waals surface area contributed by atoms with Crippen LogP contribution in [0.3, 0.4) is 0 Å². The molecule has 114 valence electrons. The van der Waals surface area contributed by atoms with Gasteiger partial charge in [0.1, 0.15) is 5.75 Å².